The number of anilines is 1. The van der Waals surface area contributed by atoms with Gasteiger partial charge in [0.25, 0.3) is 0 Å². The molecule has 1 aliphatic carbocycles. The summed E-state index contributed by atoms with van der Waals surface area (Å²) >= 11 is 1.79. The smallest absolute Gasteiger partial charge is 0.241 e. The van der Waals surface area contributed by atoms with Crippen LogP contribution in [-0.4, -0.2) is 16.0 Å². The molecule has 3 rings (SSSR count). The number of carbonyl (C=O) groups is 1. The van der Waals surface area contributed by atoms with E-state index in [1.54, 1.807) is 23.9 Å². The topological polar surface area (TPSA) is 20.3 Å². The summed E-state index contributed by atoms with van der Waals surface area (Å²) in [6.07, 6.45) is 5.69. The fourth-order valence-corrected chi connectivity index (χ4v) is 4.90. The molecule has 1 saturated carbocycles. The maximum Gasteiger partial charge on any atom is 0.241 e. The van der Waals surface area contributed by atoms with Crippen LogP contribution in [0.1, 0.15) is 39.0 Å². The van der Waals surface area contributed by atoms with Gasteiger partial charge in [-0.05, 0) is 44.0 Å². The third-order valence-electron chi connectivity index (χ3n) is 4.09. The minimum Gasteiger partial charge on any atom is -0.296 e. The molecule has 2 nitrogen and oxygen atoms in total. The maximum absolute atomic E-state index is 13.1. The zero-order valence-electron chi connectivity index (χ0n) is 11.1. The molecule has 0 bridgehead atoms. The van der Waals surface area contributed by atoms with E-state index in [-0.39, 0.29) is 21.8 Å². The molecule has 1 aliphatic heterocycles. The Balaban J connectivity index is 1.99. The quantitative estimate of drug-likeness (QED) is 0.775. The summed E-state index contributed by atoms with van der Waals surface area (Å²) in [7, 11) is 0. The summed E-state index contributed by atoms with van der Waals surface area (Å²) < 4.78 is 13.1. The van der Waals surface area contributed by atoms with Crippen molar-refractivity contribution in [2.45, 2.75) is 49.1 Å². The van der Waals surface area contributed by atoms with Gasteiger partial charge in [-0.25, -0.2) is 4.39 Å². The van der Waals surface area contributed by atoms with Crippen LogP contribution in [0, 0.1) is 5.82 Å². The SMILES string of the molecule is C[C@@H]1SC2(CCCCC2)N(c2ccc(F)cc2)C1=O. The van der Waals surface area contributed by atoms with Gasteiger partial charge in [0.15, 0.2) is 0 Å². The van der Waals surface area contributed by atoms with E-state index in [1.807, 2.05) is 11.8 Å². The van der Waals surface area contributed by atoms with E-state index in [2.05, 4.69) is 0 Å². The fourth-order valence-electron chi connectivity index (χ4n) is 3.21. The highest BCUT2D eigenvalue weighted by Gasteiger charge is 2.50. The molecule has 1 amide bonds. The van der Waals surface area contributed by atoms with Crippen LogP contribution in [0.25, 0.3) is 0 Å². The molecule has 0 radical (unpaired) electrons. The summed E-state index contributed by atoms with van der Waals surface area (Å²) in [6, 6.07) is 6.32. The minimum atomic E-state index is -0.256. The molecule has 1 aromatic carbocycles. The molecular weight excluding hydrogens is 261 g/mol. The van der Waals surface area contributed by atoms with Crippen LogP contribution in [0.3, 0.4) is 0 Å². The highest BCUT2D eigenvalue weighted by molar-refractivity contribution is 8.02. The largest absolute Gasteiger partial charge is 0.296 e. The number of halogens is 1. The van der Waals surface area contributed by atoms with Gasteiger partial charge in [0, 0.05) is 5.69 Å². The monoisotopic (exact) mass is 279 g/mol. The Kier molecular flexibility index (Phi) is 3.29. The number of nitrogens with zero attached hydrogens (tertiary/aromatic N) is 1. The Labute approximate surface area is 117 Å². The summed E-state index contributed by atoms with van der Waals surface area (Å²) in [5, 5.41) is 0.00292. The van der Waals surface area contributed by atoms with Crippen LogP contribution < -0.4 is 4.90 Å². The number of thioether (sulfide) groups is 1. The summed E-state index contributed by atoms with van der Waals surface area (Å²) in [6.45, 7) is 1.98. The number of carbonyl (C=O) groups excluding carboxylic acids is 1. The summed E-state index contributed by atoms with van der Waals surface area (Å²) in [4.78, 5) is 14.3. The first-order valence-corrected chi connectivity index (χ1v) is 7.78. The molecule has 1 saturated heterocycles. The Bertz CT molecular complexity index is 481. The average Bonchev–Trinajstić information content (AvgIpc) is 2.64. The lowest BCUT2D eigenvalue weighted by atomic mass is 9.93. The maximum atomic E-state index is 13.1. The molecule has 19 heavy (non-hydrogen) atoms. The highest BCUT2D eigenvalue weighted by Crippen LogP contribution is 2.51. The number of benzene rings is 1. The fraction of sp³-hybridized carbons (Fsp3) is 0.533. The zero-order chi connectivity index (χ0) is 13.5. The van der Waals surface area contributed by atoms with E-state index in [0.717, 1.165) is 18.5 Å². The first kappa shape index (κ1) is 13.0. The van der Waals surface area contributed by atoms with E-state index < -0.39 is 0 Å². The molecule has 0 aromatic heterocycles. The van der Waals surface area contributed by atoms with Crippen LogP contribution in [0.4, 0.5) is 10.1 Å². The van der Waals surface area contributed by atoms with Gasteiger partial charge in [-0.15, -0.1) is 11.8 Å². The van der Waals surface area contributed by atoms with E-state index in [4.69, 9.17) is 0 Å². The van der Waals surface area contributed by atoms with Crippen molar-refractivity contribution in [1.82, 2.24) is 0 Å². The Morgan fingerprint density at radius 3 is 2.47 bits per heavy atom. The lowest BCUT2D eigenvalue weighted by molar-refractivity contribution is -0.117. The van der Waals surface area contributed by atoms with Crippen LogP contribution in [0.15, 0.2) is 24.3 Å². The zero-order valence-corrected chi connectivity index (χ0v) is 11.9. The number of hydrogen-bond donors (Lipinski definition) is 0. The van der Waals surface area contributed by atoms with Crippen molar-refractivity contribution in [3.63, 3.8) is 0 Å². The number of hydrogen-bond acceptors (Lipinski definition) is 2. The van der Waals surface area contributed by atoms with Gasteiger partial charge in [-0.2, -0.15) is 0 Å². The first-order valence-electron chi connectivity index (χ1n) is 6.90. The van der Waals surface area contributed by atoms with Crippen molar-refractivity contribution >= 4 is 23.4 Å². The molecule has 0 N–H and O–H groups in total. The van der Waals surface area contributed by atoms with Gasteiger partial charge >= 0.3 is 0 Å². The van der Waals surface area contributed by atoms with Crippen molar-refractivity contribution < 1.29 is 9.18 Å². The van der Waals surface area contributed by atoms with Crippen LogP contribution in [-0.2, 0) is 4.79 Å². The Morgan fingerprint density at radius 1 is 1.21 bits per heavy atom. The Morgan fingerprint density at radius 2 is 1.84 bits per heavy atom. The second kappa shape index (κ2) is 4.82. The van der Waals surface area contributed by atoms with Crippen molar-refractivity contribution in [2.75, 3.05) is 4.90 Å². The van der Waals surface area contributed by atoms with Crippen LogP contribution >= 0.6 is 11.8 Å². The molecular formula is C15H18FNOS. The standard InChI is InChI=1S/C15H18FNOS/c1-11-14(18)17(13-7-5-12(16)6-8-13)15(19-11)9-3-2-4-10-15/h5-8,11H,2-4,9-10H2,1H3/t11-/m0/s1. The van der Waals surface area contributed by atoms with Gasteiger partial charge in [0.05, 0.1) is 10.1 Å². The second-order valence-corrected chi connectivity index (χ2v) is 7.12. The molecule has 2 fully saturated rings. The van der Waals surface area contributed by atoms with Crippen LogP contribution in [0.2, 0.25) is 0 Å². The highest BCUT2D eigenvalue weighted by atomic mass is 32.2. The number of amides is 1. The van der Waals surface area contributed by atoms with E-state index in [9.17, 15) is 9.18 Å². The van der Waals surface area contributed by atoms with E-state index in [1.165, 1.54) is 31.4 Å². The van der Waals surface area contributed by atoms with Crippen molar-refractivity contribution in [3.05, 3.63) is 30.1 Å². The second-order valence-electron chi connectivity index (χ2n) is 5.42. The third kappa shape index (κ3) is 2.16. The van der Waals surface area contributed by atoms with Gasteiger partial charge in [0.1, 0.15) is 5.82 Å². The summed E-state index contributed by atoms with van der Waals surface area (Å²) in [5.41, 5.74) is 0.838. The summed E-state index contributed by atoms with van der Waals surface area (Å²) in [5.74, 6) is -0.0905. The molecule has 1 aromatic rings. The van der Waals surface area contributed by atoms with Gasteiger partial charge in [-0.3, -0.25) is 9.69 Å². The lowest BCUT2D eigenvalue weighted by Gasteiger charge is -2.40. The lowest BCUT2D eigenvalue weighted by Crippen LogP contribution is -2.46. The normalized spacial score (nSPS) is 26.1. The van der Waals surface area contributed by atoms with Crippen LogP contribution in [0.5, 0.6) is 0 Å². The van der Waals surface area contributed by atoms with Gasteiger partial charge < -0.3 is 0 Å². The van der Waals surface area contributed by atoms with E-state index in [0.29, 0.717) is 0 Å². The Hall–Kier alpha value is -1.03. The number of rotatable bonds is 1. The molecule has 2 aliphatic rings. The predicted molar refractivity (Wildman–Crippen MR) is 76.8 cm³/mol. The molecule has 1 spiro atoms. The molecule has 1 heterocycles. The molecule has 102 valence electrons. The molecule has 0 unspecified atom stereocenters. The molecule has 4 heteroatoms. The third-order valence-corrected chi connectivity index (χ3v) is 5.68. The van der Waals surface area contributed by atoms with E-state index >= 15 is 0 Å². The first-order chi connectivity index (χ1) is 9.12. The van der Waals surface area contributed by atoms with Crippen molar-refractivity contribution in [1.29, 1.82) is 0 Å². The van der Waals surface area contributed by atoms with Gasteiger partial charge in [-0.1, -0.05) is 19.3 Å². The minimum absolute atomic E-state index is 0.00292. The van der Waals surface area contributed by atoms with Gasteiger partial charge in [0.2, 0.25) is 5.91 Å². The average molecular weight is 279 g/mol. The predicted octanol–water partition coefficient (Wildman–Crippen LogP) is 3.95. The molecule has 1 atom stereocenters. The van der Waals surface area contributed by atoms with Crippen molar-refractivity contribution in [3.8, 4) is 0 Å². The van der Waals surface area contributed by atoms with Crippen molar-refractivity contribution in [2.24, 2.45) is 0 Å².